The Kier molecular flexibility index (Phi) is 4.16. The molecule has 0 saturated heterocycles. The molecule has 1 heterocycles. The Morgan fingerprint density at radius 2 is 2.06 bits per heavy atom. The zero-order valence-corrected chi connectivity index (χ0v) is 10.9. The number of hydrogen-bond acceptors (Lipinski definition) is 3. The van der Waals surface area contributed by atoms with Gasteiger partial charge in [0.1, 0.15) is 11.5 Å². The maximum Gasteiger partial charge on any atom is 0.105 e. The molecular weight excluding hydrogens is 202 g/mol. The average Bonchev–Trinajstić information content (AvgIpc) is 2.43. The van der Waals surface area contributed by atoms with Gasteiger partial charge in [0.05, 0.1) is 5.60 Å². The molecular formula is C13H23NO2. The van der Waals surface area contributed by atoms with E-state index in [2.05, 4.69) is 18.3 Å². The van der Waals surface area contributed by atoms with Crippen LogP contribution in [0.25, 0.3) is 0 Å². The maximum absolute atomic E-state index is 9.60. The Hall–Kier alpha value is -0.800. The maximum atomic E-state index is 9.60. The lowest BCUT2D eigenvalue weighted by atomic mass is 10.0. The molecule has 0 fully saturated rings. The van der Waals surface area contributed by atoms with Crippen LogP contribution in [-0.2, 0) is 0 Å². The van der Waals surface area contributed by atoms with Gasteiger partial charge in [-0.25, -0.2) is 0 Å². The highest BCUT2D eigenvalue weighted by molar-refractivity contribution is 5.23. The molecule has 3 heteroatoms. The van der Waals surface area contributed by atoms with Crippen molar-refractivity contribution >= 4 is 0 Å². The van der Waals surface area contributed by atoms with Gasteiger partial charge in [0.2, 0.25) is 0 Å². The van der Waals surface area contributed by atoms with Crippen LogP contribution in [0.5, 0.6) is 0 Å². The lowest BCUT2D eigenvalue weighted by Gasteiger charge is -2.19. The minimum Gasteiger partial charge on any atom is -0.466 e. The van der Waals surface area contributed by atoms with Crippen LogP contribution in [0.1, 0.15) is 50.3 Å². The largest absolute Gasteiger partial charge is 0.466 e. The molecule has 3 nitrogen and oxygen atoms in total. The fourth-order valence-electron chi connectivity index (χ4n) is 1.78. The molecule has 92 valence electrons. The first-order valence-electron chi connectivity index (χ1n) is 5.82. The van der Waals surface area contributed by atoms with Crippen molar-refractivity contribution in [2.75, 3.05) is 6.54 Å². The molecule has 16 heavy (non-hydrogen) atoms. The van der Waals surface area contributed by atoms with E-state index >= 15 is 0 Å². The standard InChI is InChI=1S/C13H23NO2/c1-9-8-12(11(3)16-9)10(2)14-7-6-13(4,5)15/h8,10,14-15H,6-7H2,1-5H3. The van der Waals surface area contributed by atoms with Crippen molar-refractivity contribution in [3.8, 4) is 0 Å². The normalized spacial score (nSPS) is 14.1. The zero-order chi connectivity index (χ0) is 12.3. The van der Waals surface area contributed by atoms with E-state index in [0.29, 0.717) is 0 Å². The van der Waals surface area contributed by atoms with E-state index in [1.165, 1.54) is 5.56 Å². The van der Waals surface area contributed by atoms with Crippen LogP contribution in [0.15, 0.2) is 10.5 Å². The third-order valence-electron chi connectivity index (χ3n) is 2.73. The number of rotatable bonds is 5. The molecule has 1 atom stereocenters. The molecule has 1 aromatic rings. The van der Waals surface area contributed by atoms with Crippen molar-refractivity contribution in [1.29, 1.82) is 0 Å². The quantitative estimate of drug-likeness (QED) is 0.810. The lowest BCUT2D eigenvalue weighted by Crippen LogP contribution is -2.28. The molecule has 1 rings (SSSR count). The lowest BCUT2D eigenvalue weighted by molar-refractivity contribution is 0.0705. The van der Waals surface area contributed by atoms with Crippen LogP contribution < -0.4 is 5.32 Å². The van der Waals surface area contributed by atoms with E-state index in [1.54, 1.807) is 0 Å². The summed E-state index contributed by atoms with van der Waals surface area (Å²) in [6.45, 7) is 10.5. The highest BCUT2D eigenvalue weighted by Crippen LogP contribution is 2.21. The molecule has 0 aromatic carbocycles. The summed E-state index contributed by atoms with van der Waals surface area (Å²) < 4.78 is 5.49. The SMILES string of the molecule is Cc1cc(C(C)NCCC(C)(C)O)c(C)o1. The predicted octanol–water partition coefficient (Wildman–Crippen LogP) is 2.71. The van der Waals surface area contributed by atoms with Gasteiger partial charge in [0.15, 0.2) is 0 Å². The van der Waals surface area contributed by atoms with Crippen LogP contribution in [-0.4, -0.2) is 17.3 Å². The summed E-state index contributed by atoms with van der Waals surface area (Å²) >= 11 is 0. The average molecular weight is 225 g/mol. The van der Waals surface area contributed by atoms with E-state index in [4.69, 9.17) is 4.42 Å². The van der Waals surface area contributed by atoms with Gasteiger partial charge < -0.3 is 14.8 Å². The van der Waals surface area contributed by atoms with E-state index in [1.807, 2.05) is 27.7 Å². The predicted molar refractivity (Wildman–Crippen MR) is 65.5 cm³/mol. The molecule has 0 aliphatic heterocycles. The summed E-state index contributed by atoms with van der Waals surface area (Å²) in [5, 5.41) is 13.0. The van der Waals surface area contributed by atoms with Gasteiger partial charge in [-0.05, 0) is 53.7 Å². The Morgan fingerprint density at radius 1 is 1.44 bits per heavy atom. The fraction of sp³-hybridized carbons (Fsp3) is 0.692. The second kappa shape index (κ2) is 5.02. The topological polar surface area (TPSA) is 45.4 Å². The Morgan fingerprint density at radius 3 is 2.50 bits per heavy atom. The zero-order valence-electron chi connectivity index (χ0n) is 10.9. The summed E-state index contributed by atoms with van der Waals surface area (Å²) in [4.78, 5) is 0. The van der Waals surface area contributed by atoms with Crippen LogP contribution in [0.3, 0.4) is 0 Å². The molecule has 0 amide bonds. The summed E-state index contributed by atoms with van der Waals surface area (Å²) in [6.07, 6.45) is 0.743. The van der Waals surface area contributed by atoms with Crippen LogP contribution in [0.4, 0.5) is 0 Å². The molecule has 1 unspecified atom stereocenters. The number of aryl methyl sites for hydroxylation is 2. The minimum absolute atomic E-state index is 0.264. The number of furan rings is 1. The van der Waals surface area contributed by atoms with E-state index in [-0.39, 0.29) is 6.04 Å². The van der Waals surface area contributed by atoms with Crippen molar-refractivity contribution in [3.63, 3.8) is 0 Å². The summed E-state index contributed by atoms with van der Waals surface area (Å²) in [5.74, 6) is 1.92. The first kappa shape index (κ1) is 13.3. The van der Waals surface area contributed by atoms with Crippen molar-refractivity contribution in [3.05, 3.63) is 23.2 Å². The first-order valence-corrected chi connectivity index (χ1v) is 5.82. The van der Waals surface area contributed by atoms with Crippen LogP contribution >= 0.6 is 0 Å². The van der Waals surface area contributed by atoms with Crippen molar-refractivity contribution < 1.29 is 9.52 Å². The number of nitrogens with one attached hydrogen (secondary N) is 1. The minimum atomic E-state index is -0.603. The number of hydrogen-bond donors (Lipinski definition) is 2. The Bertz CT molecular complexity index is 336. The Balaban J connectivity index is 2.47. The van der Waals surface area contributed by atoms with Gasteiger partial charge in [-0.1, -0.05) is 0 Å². The summed E-state index contributed by atoms with van der Waals surface area (Å²) in [6, 6.07) is 2.33. The molecule has 0 bridgehead atoms. The van der Waals surface area contributed by atoms with Crippen molar-refractivity contribution in [2.45, 2.75) is 52.7 Å². The van der Waals surface area contributed by atoms with Gasteiger partial charge in [0, 0.05) is 11.6 Å². The highest BCUT2D eigenvalue weighted by Gasteiger charge is 2.15. The second-order valence-corrected chi connectivity index (χ2v) is 5.11. The summed E-state index contributed by atoms with van der Waals surface area (Å²) in [7, 11) is 0. The molecule has 0 radical (unpaired) electrons. The van der Waals surface area contributed by atoms with E-state index < -0.39 is 5.60 Å². The third-order valence-corrected chi connectivity index (χ3v) is 2.73. The molecule has 2 N–H and O–H groups in total. The van der Waals surface area contributed by atoms with Gasteiger partial charge in [-0.2, -0.15) is 0 Å². The van der Waals surface area contributed by atoms with Gasteiger partial charge in [0.25, 0.3) is 0 Å². The molecule has 1 aromatic heterocycles. The van der Waals surface area contributed by atoms with Crippen LogP contribution in [0, 0.1) is 13.8 Å². The van der Waals surface area contributed by atoms with Gasteiger partial charge in [-0.3, -0.25) is 0 Å². The molecule has 0 spiro atoms. The second-order valence-electron chi connectivity index (χ2n) is 5.11. The Labute approximate surface area is 97.9 Å². The molecule has 0 saturated carbocycles. The van der Waals surface area contributed by atoms with Gasteiger partial charge in [-0.15, -0.1) is 0 Å². The molecule has 0 aliphatic rings. The third kappa shape index (κ3) is 3.99. The van der Waals surface area contributed by atoms with Crippen molar-refractivity contribution in [2.24, 2.45) is 0 Å². The van der Waals surface area contributed by atoms with Crippen LogP contribution in [0.2, 0.25) is 0 Å². The van der Waals surface area contributed by atoms with E-state index in [9.17, 15) is 5.11 Å². The fourth-order valence-corrected chi connectivity index (χ4v) is 1.78. The first-order chi connectivity index (χ1) is 7.29. The summed E-state index contributed by atoms with van der Waals surface area (Å²) in [5.41, 5.74) is 0.599. The highest BCUT2D eigenvalue weighted by atomic mass is 16.3. The number of aliphatic hydroxyl groups is 1. The smallest absolute Gasteiger partial charge is 0.105 e. The monoisotopic (exact) mass is 225 g/mol. The van der Waals surface area contributed by atoms with Gasteiger partial charge >= 0.3 is 0 Å². The van der Waals surface area contributed by atoms with E-state index in [0.717, 1.165) is 24.5 Å². The van der Waals surface area contributed by atoms with Crippen molar-refractivity contribution in [1.82, 2.24) is 5.32 Å². The molecule has 0 aliphatic carbocycles.